The summed E-state index contributed by atoms with van der Waals surface area (Å²) >= 11 is 0. The third-order valence-electron chi connectivity index (χ3n) is 4.46. The number of halogens is 1. The van der Waals surface area contributed by atoms with Crippen molar-refractivity contribution in [2.24, 2.45) is 5.41 Å². The van der Waals surface area contributed by atoms with Gasteiger partial charge in [-0.15, -0.1) is 0 Å². The molecule has 1 aliphatic rings. The van der Waals surface area contributed by atoms with Crippen molar-refractivity contribution in [1.29, 1.82) is 0 Å². The van der Waals surface area contributed by atoms with Gasteiger partial charge in [0.15, 0.2) is 0 Å². The molecule has 1 fully saturated rings. The molecule has 0 aliphatic heterocycles. The van der Waals surface area contributed by atoms with Crippen LogP contribution in [0.3, 0.4) is 0 Å². The molecule has 0 heterocycles. The van der Waals surface area contributed by atoms with Crippen LogP contribution in [0.5, 0.6) is 0 Å². The minimum atomic E-state index is -1.09. The Morgan fingerprint density at radius 1 is 1.33 bits per heavy atom. The highest BCUT2D eigenvalue weighted by Gasteiger charge is 2.41. The van der Waals surface area contributed by atoms with Gasteiger partial charge in [-0.25, -0.2) is 4.39 Å². The second-order valence-electron chi connectivity index (χ2n) is 6.60. The molecule has 1 aliphatic carbocycles. The third-order valence-corrected chi connectivity index (χ3v) is 6.25. The molecule has 1 aromatic rings. The van der Waals surface area contributed by atoms with Crippen molar-refractivity contribution in [2.45, 2.75) is 62.6 Å². The maximum absolute atomic E-state index is 13.0. The summed E-state index contributed by atoms with van der Waals surface area (Å²) in [6, 6.07) is 6.36. The lowest BCUT2D eigenvalue weighted by molar-refractivity contribution is 0.173. The van der Waals surface area contributed by atoms with Gasteiger partial charge in [-0.3, -0.25) is 4.21 Å². The van der Waals surface area contributed by atoms with E-state index in [2.05, 4.69) is 26.1 Å². The fraction of sp³-hybridized carbons (Fsp3) is 0.647. The lowest BCUT2D eigenvalue weighted by Crippen LogP contribution is -2.54. The number of benzene rings is 1. The number of hydrogen-bond donors (Lipinski definition) is 1. The van der Waals surface area contributed by atoms with Gasteiger partial charge in [0.1, 0.15) is 5.82 Å². The van der Waals surface area contributed by atoms with E-state index in [0.29, 0.717) is 0 Å². The number of hydrogen-bond acceptors (Lipinski definition) is 2. The molecule has 0 radical (unpaired) electrons. The number of rotatable bonds is 5. The summed E-state index contributed by atoms with van der Waals surface area (Å²) in [5.41, 5.74) is 0.147. The first-order valence-electron chi connectivity index (χ1n) is 7.85. The van der Waals surface area contributed by atoms with E-state index in [1.807, 2.05) is 0 Å². The van der Waals surface area contributed by atoms with Crippen LogP contribution in [0, 0.1) is 11.2 Å². The van der Waals surface area contributed by atoms with E-state index in [1.165, 1.54) is 12.1 Å². The molecule has 0 spiro atoms. The molecule has 3 atom stereocenters. The smallest absolute Gasteiger partial charge is 0.123 e. The third kappa shape index (κ3) is 3.92. The van der Waals surface area contributed by atoms with Gasteiger partial charge in [-0.2, -0.15) is 0 Å². The molecule has 118 valence electrons. The highest BCUT2D eigenvalue weighted by atomic mass is 32.2. The fourth-order valence-electron chi connectivity index (χ4n) is 3.27. The molecular weight excluding hydrogens is 285 g/mol. The molecule has 0 amide bonds. The summed E-state index contributed by atoms with van der Waals surface area (Å²) in [6.45, 7) is 7.61. The van der Waals surface area contributed by atoms with Crippen LogP contribution in [0.1, 0.15) is 46.5 Å². The van der Waals surface area contributed by atoms with Crippen LogP contribution in [0.25, 0.3) is 0 Å². The van der Waals surface area contributed by atoms with Gasteiger partial charge >= 0.3 is 0 Å². The van der Waals surface area contributed by atoms with E-state index in [-0.39, 0.29) is 22.5 Å². The van der Waals surface area contributed by atoms with Gasteiger partial charge in [0.2, 0.25) is 0 Å². The van der Waals surface area contributed by atoms with E-state index in [9.17, 15) is 8.60 Å². The van der Waals surface area contributed by atoms with Gasteiger partial charge in [0.05, 0.1) is 16.0 Å². The Balaban J connectivity index is 2.21. The minimum absolute atomic E-state index is 0.103. The van der Waals surface area contributed by atoms with E-state index in [4.69, 9.17) is 0 Å². The van der Waals surface area contributed by atoms with Crippen molar-refractivity contribution in [3.05, 3.63) is 30.1 Å². The first kappa shape index (κ1) is 16.6. The normalized spacial score (nSPS) is 26.5. The van der Waals surface area contributed by atoms with E-state index < -0.39 is 10.8 Å². The first-order valence-corrected chi connectivity index (χ1v) is 9.06. The lowest BCUT2D eigenvalue weighted by atomic mass is 9.73. The highest BCUT2D eigenvalue weighted by Crippen LogP contribution is 2.39. The predicted molar refractivity (Wildman–Crippen MR) is 86.3 cm³/mol. The molecule has 0 aromatic heterocycles. The Kier molecular flexibility index (Phi) is 5.55. The second kappa shape index (κ2) is 7.01. The molecule has 0 saturated heterocycles. The first-order chi connectivity index (χ1) is 9.95. The Labute approximate surface area is 130 Å². The molecule has 1 aromatic carbocycles. The van der Waals surface area contributed by atoms with Crippen molar-refractivity contribution in [1.82, 2.24) is 5.32 Å². The molecule has 1 saturated carbocycles. The summed E-state index contributed by atoms with van der Waals surface area (Å²) in [6.07, 6.45) is 4.30. The van der Waals surface area contributed by atoms with Gasteiger partial charge < -0.3 is 5.32 Å². The summed E-state index contributed by atoms with van der Waals surface area (Å²) in [5.74, 6) is -0.277. The maximum atomic E-state index is 13.0. The minimum Gasteiger partial charge on any atom is -0.312 e. The molecule has 0 bridgehead atoms. The Bertz CT molecular complexity index is 486. The van der Waals surface area contributed by atoms with Crippen LogP contribution in [0.2, 0.25) is 0 Å². The van der Waals surface area contributed by atoms with Crippen LogP contribution in [0.4, 0.5) is 4.39 Å². The zero-order chi connectivity index (χ0) is 15.5. The van der Waals surface area contributed by atoms with E-state index in [1.54, 1.807) is 12.1 Å². The average molecular weight is 311 g/mol. The Morgan fingerprint density at radius 3 is 2.62 bits per heavy atom. The lowest BCUT2D eigenvalue weighted by Gasteiger charge is -2.44. The maximum Gasteiger partial charge on any atom is 0.123 e. The Morgan fingerprint density at radius 2 is 2.00 bits per heavy atom. The summed E-state index contributed by atoms with van der Waals surface area (Å²) in [7, 11) is -1.09. The largest absolute Gasteiger partial charge is 0.312 e. The predicted octanol–water partition coefficient (Wildman–Crippen LogP) is 3.88. The van der Waals surface area contributed by atoms with Gasteiger partial charge in [0.25, 0.3) is 0 Å². The van der Waals surface area contributed by atoms with Gasteiger partial charge in [-0.05, 0) is 55.5 Å². The SMILES string of the molecule is CCCNC1C(S(=O)c2ccc(F)cc2)CCCC1(C)C. The van der Waals surface area contributed by atoms with Crippen molar-refractivity contribution < 1.29 is 8.60 Å². The summed E-state index contributed by atoms with van der Waals surface area (Å²) in [4.78, 5) is 0.738. The quantitative estimate of drug-likeness (QED) is 0.894. The highest BCUT2D eigenvalue weighted by molar-refractivity contribution is 7.85. The second-order valence-corrected chi connectivity index (χ2v) is 8.27. The summed E-state index contributed by atoms with van der Waals surface area (Å²) < 4.78 is 26.0. The van der Waals surface area contributed by atoms with Crippen LogP contribution in [0.15, 0.2) is 29.2 Å². The Hall–Kier alpha value is -0.740. The molecule has 3 unspecified atom stereocenters. The monoisotopic (exact) mass is 311 g/mol. The molecule has 1 N–H and O–H groups in total. The molecule has 21 heavy (non-hydrogen) atoms. The van der Waals surface area contributed by atoms with Crippen molar-refractivity contribution >= 4 is 10.8 Å². The fourth-order valence-corrected chi connectivity index (χ4v) is 5.11. The van der Waals surface area contributed by atoms with Crippen LogP contribution < -0.4 is 5.32 Å². The van der Waals surface area contributed by atoms with Crippen LogP contribution in [-0.2, 0) is 10.8 Å². The zero-order valence-corrected chi connectivity index (χ0v) is 14.0. The molecule has 4 heteroatoms. The van der Waals surface area contributed by atoms with Crippen LogP contribution >= 0.6 is 0 Å². The van der Waals surface area contributed by atoms with Crippen molar-refractivity contribution in [2.75, 3.05) is 6.54 Å². The van der Waals surface area contributed by atoms with Gasteiger partial charge in [0, 0.05) is 10.9 Å². The number of nitrogens with one attached hydrogen (secondary N) is 1. The van der Waals surface area contributed by atoms with E-state index >= 15 is 0 Å². The summed E-state index contributed by atoms with van der Waals surface area (Å²) in [5, 5.41) is 3.71. The van der Waals surface area contributed by atoms with Gasteiger partial charge in [-0.1, -0.05) is 27.2 Å². The topological polar surface area (TPSA) is 29.1 Å². The average Bonchev–Trinajstić information content (AvgIpc) is 2.45. The zero-order valence-electron chi connectivity index (χ0n) is 13.2. The van der Waals surface area contributed by atoms with Crippen LogP contribution in [-0.4, -0.2) is 22.0 Å². The van der Waals surface area contributed by atoms with Crippen molar-refractivity contribution in [3.63, 3.8) is 0 Å². The standard InChI is InChI=1S/C17H26FNOS/c1-4-12-19-16-15(6-5-11-17(16,2)3)21(20)14-9-7-13(18)8-10-14/h7-10,15-16,19H,4-6,11-12H2,1-3H3. The molecule has 2 nitrogen and oxygen atoms in total. The molecule has 2 rings (SSSR count). The van der Waals surface area contributed by atoms with E-state index in [0.717, 1.165) is 37.1 Å². The van der Waals surface area contributed by atoms with Crippen molar-refractivity contribution in [3.8, 4) is 0 Å². The molecular formula is C17H26FNOS.